The topological polar surface area (TPSA) is 84.7 Å². The summed E-state index contributed by atoms with van der Waals surface area (Å²) >= 11 is 0. The first-order valence-corrected chi connectivity index (χ1v) is 11.9. The molecule has 4 rings (SSSR count). The molecule has 2 aromatic carbocycles. The van der Waals surface area contributed by atoms with E-state index in [1.165, 1.54) is 12.1 Å². The Kier molecular flexibility index (Phi) is 7.92. The van der Waals surface area contributed by atoms with Gasteiger partial charge in [-0.15, -0.1) is 0 Å². The predicted molar refractivity (Wildman–Crippen MR) is 129 cm³/mol. The van der Waals surface area contributed by atoms with Gasteiger partial charge >= 0.3 is 0 Å². The van der Waals surface area contributed by atoms with Crippen molar-refractivity contribution < 1.29 is 23.2 Å². The average Bonchev–Trinajstić information content (AvgIpc) is 3.55. The van der Waals surface area contributed by atoms with Gasteiger partial charge in [0.2, 0.25) is 5.91 Å². The van der Waals surface area contributed by atoms with Gasteiger partial charge in [-0.2, -0.15) is 0 Å². The number of aryl methyl sites for hydroxylation is 2. The Labute approximate surface area is 204 Å². The number of amides is 2. The minimum Gasteiger partial charge on any atom is -0.376 e. The molecule has 0 radical (unpaired) electrons. The van der Waals surface area contributed by atoms with Crippen LogP contribution in [0.3, 0.4) is 0 Å². The third kappa shape index (κ3) is 6.54. The van der Waals surface area contributed by atoms with Gasteiger partial charge in [-0.3, -0.25) is 9.59 Å². The number of hydrogen-bond donors (Lipinski definition) is 1. The highest BCUT2D eigenvalue weighted by molar-refractivity contribution is 5.93. The fourth-order valence-corrected chi connectivity index (χ4v) is 4.10. The quantitative estimate of drug-likeness (QED) is 0.491. The second-order valence-electron chi connectivity index (χ2n) is 8.93. The first kappa shape index (κ1) is 24.6. The molecule has 0 bridgehead atoms. The van der Waals surface area contributed by atoms with Crippen molar-refractivity contribution in [2.24, 2.45) is 0 Å². The lowest BCUT2D eigenvalue weighted by Gasteiger charge is -2.24. The molecule has 0 saturated carbocycles. The summed E-state index contributed by atoms with van der Waals surface area (Å²) in [6.07, 6.45) is 1.88. The summed E-state index contributed by atoms with van der Waals surface area (Å²) in [6, 6.07) is 13.6. The van der Waals surface area contributed by atoms with Crippen molar-refractivity contribution in [3.05, 3.63) is 76.7 Å². The Hall–Kier alpha value is -3.52. The molecule has 1 N–H and O–H groups in total. The number of benzene rings is 2. The van der Waals surface area contributed by atoms with Crippen molar-refractivity contribution >= 4 is 11.8 Å². The third-order valence-electron chi connectivity index (χ3n) is 6.13. The lowest BCUT2D eigenvalue weighted by Crippen LogP contribution is -2.40. The molecule has 1 aromatic heterocycles. The number of hydrogen-bond acceptors (Lipinski definition) is 5. The van der Waals surface area contributed by atoms with Gasteiger partial charge < -0.3 is 19.5 Å². The third-order valence-corrected chi connectivity index (χ3v) is 6.13. The maximum Gasteiger partial charge on any atom is 0.276 e. The van der Waals surface area contributed by atoms with Gasteiger partial charge in [-0.05, 0) is 56.0 Å². The van der Waals surface area contributed by atoms with Crippen LogP contribution in [0.15, 0.2) is 53.1 Å². The van der Waals surface area contributed by atoms with E-state index in [1.54, 1.807) is 23.1 Å². The van der Waals surface area contributed by atoms with Crippen molar-refractivity contribution in [2.45, 2.75) is 45.8 Å². The molecule has 3 aromatic rings. The number of carbonyl (C=O) groups is 2. The van der Waals surface area contributed by atoms with Gasteiger partial charge in [0.25, 0.3) is 5.91 Å². The van der Waals surface area contributed by atoms with E-state index in [1.807, 2.05) is 32.0 Å². The van der Waals surface area contributed by atoms with Gasteiger partial charge in [-0.1, -0.05) is 35.0 Å². The molecule has 2 amide bonds. The fourth-order valence-electron chi connectivity index (χ4n) is 4.10. The summed E-state index contributed by atoms with van der Waals surface area (Å²) in [5.74, 6) is -0.288. The second-order valence-corrected chi connectivity index (χ2v) is 8.93. The van der Waals surface area contributed by atoms with Crippen LogP contribution in [0.2, 0.25) is 0 Å². The van der Waals surface area contributed by atoms with E-state index in [4.69, 9.17) is 9.26 Å². The minimum atomic E-state index is -0.322. The molecule has 1 saturated heterocycles. The summed E-state index contributed by atoms with van der Waals surface area (Å²) in [4.78, 5) is 27.4. The number of halogens is 1. The largest absolute Gasteiger partial charge is 0.376 e. The van der Waals surface area contributed by atoms with Gasteiger partial charge in [0.05, 0.1) is 6.10 Å². The summed E-state index contributed by atoms with van der Waals surface area (Å²) in [5, 5.41) is 6.85. The van der Waals surface area contributed by atoms with Gasteiger partial charge in [0.1, 0.15) is 5.82 Å². The molecule has 0 spiro atoms. The van der Waals surface area contributed by atoms with Crippen LogP contribution in [0.1, 0.15) is 46.4 Å². The van der Waals surface area contributed by atoms with Crippen LogP contribution >= 0.6 is 0 Å². The molecule has 0 aliphatic carbocycles. The molecule has 1 atom stereocenters. The first-order chi connectivity index (χ1) is 16.9. The molecule has 1 unspecified atom stereocenters. The van der Waals surface area contributed by atoms with Crippen LogP contribution in [0.4, 0.5) is 4.39 Å². The maximum atomic E-state index is 13.3. The number of nitrogens with zero attached hydrogens (tertiary/aromatic N) is 2. The van der Waals surface area contributed by atoms with E-state index in [-0.39, 0.29) is 42.4 Å². The molecule has 1 aliphatic rings. The van der Waals surface area contributed by atoms with Crippen molar-refractivity contribution in [1.82, 2.24) is 15.4 Å². The Morgan fingerprint density at radius 1 is 1.14 bits per heavy atom. The number of ether oxygens (including phenoxy) is 1. The standard InChI is InChI=1S/C27H30FN3O4/c1-18-5-6-19(2)23(14-18)25-15-24(30-35-25)27(33)31(17-22-4-3-13-34-22)12-11-26(32)29-16-20-7-9-21(28)10-8-20/h5-10,14-15,22H,3-4,11-13,16-17H2,1-2H3,(H,29,32). The highest BCUT2D eigenvalue weighted by atomic mass is 19.1. The Bertz CT molecular complexity index is 1170. The summed E-state index contributed by atoms with van der Waals surface area (Å²) < 4.78 is 24.3. The maximum absolute atomic E-state index is 13.3. The molecular weight excluding hydrogens is 449 g/mol. The highest BCUT2D eigenvalue weighted by Gasteiger charge is 2.26. The van der Waals surface area contributed by atoms with Crippen LogP contribution < -0.4 is 5.32 Å². The summed E-state index contributed by atoms with van der Waals surface area (Å²) in [6.45, 7) is 5.55. The van der Waals surface area contributed by atoms with Crippen molar-refractivity contribution in [3.63, 3.8) is 0 Å². The van der Waals surface area contributed by atoms with Gasteiger partial charge in [0, 0.05) is 44.3 Å². The molecule has 35 heavy (non-hydrogen) atoms. The number of carbonyl (C=O) groups excluding carboxylic acids is 2. The predicted octanol–water partition coefficient (Wildman–Crippen LogP) is 4.43. The molecule has 1 fully saturated rings. The number of rotatable bonds is 9. The Balaban J connectivity index is 1.41. The molecule has 184 valence electrons. The van der Waals surface area contributed by atoms with Crippen LogP contribution in [0, 0.1) is 19.7 Å². The van der Waals surface area contributed by atoms with E-state index in [0.29, 0.717) is 25.5 Å². The van der Waals surface area contributed by atoms with E-state index in [0.717, 1.165) is 35.1 Å². The van der Waals surface area contributed by atoms with E-state index in [2.05, 4.69) is 10.5 Å². The number of nitrogens with one attached hydrogen (secondary N) is 1. The van der Waals surface area contributed by atoms with Crippen LogP contribution in [0.25, 0.3) is 11.3 Å². The summed E-state index contributed by atoms with van der Waals surface area (Å²) in [7, 11) is 0. The average molecular weight is 480 g/mol. The monoisotopic (exact) mass is 479 g/mol. The van der Waals surface area contributed by atoms with Gasteiger partial charge in [0.15, 0.2) is 11.5 Å². The lowest BCUT2D eigenvalue weighted by molar-refractivity contribution is -0.121. The zero-order valence-corrected chi connectivity index (χ0v) is 20.1. The second kappa shape index (κ2) is 11.3. The zero-order chi connectivity index (χ0) is 24.8. The van der Waals surface area contributed by atoms with E-state index in [9.17, 15) is 14.0 Å². The van der Waals surface area contributed by atoms with E-state index >= 15 is 0 Å². The summed E-state index contributed by atoms with van der Waals surface area (Å²) in [5.41, 5.74) is 4.00. The minimum absolute atomic E-state index is 0.0633. The normalized spacial score (nSPS) is 15.2. The smallest absolute Gasteiger partial charge is 0.276 e. The highest BCUT2D eigenvalue weighted by Crippen LogP contribution is 2.26. The first-order valence-electron chi connectivity index (χ1n) is 11.9. The molecule has 7 nitrogen and oxygen atoms in total. The Morgan fingerprint density at radius 3 is 2.69 bits per heavy atom. The van der Waals surface area contributed by atoms with Crippen LogP contribution in [-0.2, 0) is 16.1 Å². The molecule has 2 heterocycles. The lowest BCUT2D eigenvalue weighted by atomic mass is 10.0. The van der Waals surface area contributed by atoms with Crippen molar-refractivity contribution in [2.75, 3.05) is 19.7 Å². The zero-order valence-electron chi connectivity index (χ0n) is 20.1. The van der Waals surface area contributed by atoms with Gasteiger partial charge in [-0.25, -0.2) is 4.39 Å². The Morgan fingerprint density at radius 2 is 1.94 bits per heavy atom. The van der Waals surface area contributed by atoms with Crippen LogP contribution in [-0.4, -0.2) is 47.7 Å². The van der Waals surface area contributed by atoms with E-state index < -0.39 is 0 Å². The van der Waals surface area contributed by atoms with Crippen molar-refractivity contribution in [3.8, 4) is 11.3 Å². The SMILES string of the molecule is Cc1ccc(C)c(-c2cc(C(=O)N(CCC(=O)NCc3ccc(F)cc3)CC3CCCO3)no2)c1. The fraction of sp³-hybridized carbons (Fsp3) is 0.370. The number of aromatic nitrogens is 1. The molecule has 8 heteroatoms. The van der Waals surface area contributed by atoms with Crippen LogP contribution in [0.5, 0.6) is 0 Å². The van der Waals surface area contributed by atoms with Crippen molar-refractivity contribution in [1.29, 1.82) is 0 Å². The molecular formula is C27H30FN3O4. The molecule has 1 aliphatic heterocycles.